The number of hydrogen-bond acceptors (Lipinski definition) is 5. The topological polar surface area (TPSA) is 71.5 Å². The molecule has 2 N–H and O–H groups in total. The van der Waals surface area contributed by atoms with Crippen LogP contribution in [0, 0.1) is 17.8 Å². The van der Waals surface area contributed by atoms with Crippen molar-refractivity contribution in [1.82, 2.24) is 0 Å². The van der Waals surface area contributed by atoms with Gasteiger partial charge in [0.05, 0.1) is 24.9 Å². The molecule has 0 bridgehead atoms. The fraction of sp³-hybridized carbons (Fsp3) is 0.889. The van der Waals surface area contributed by atoms with Crippen LogP contribution in [0.5, 0.6) is 0 Å². The maximum absolute atomic E-state index is 11.0. The molecule has 0 spiro atoms. The molecule has 0 saturated carbocycles. The van der Waals surface area contributed by atoms with Crippen molar-refractivity contribution < 1.29 is 24.4 Å². The van der Waals surface area contributed by atoms with Gasteiger partial charge in [-0.3, -0.25) is 0 Å². The number of hydrogen-bond donors (Lipinski definition) is 2. The van der Waals surface area contributed by atoms with E-state index in [1.165, 1.54) is 0 Å². The maximum atomic E-state index is 11.0. The van der Waals surface area contributed by atoms with Crippen LogP contribution in [0.3, 0.4) is 0 Å². The summed E-state index contributed by atoms with van der Waals surface area (Å²) < 4.78 is 17.6. The fourth-order valence-corrected chi connectivity index (χ4v) is 3.69. The van der Waals surface area contributed by atoms with Crippen LogP contribution >= 0.6 is 0 Å². The second-order valence-electron chi connectivity index (χ2n) is 7.67. The summed E-state index contributed by atoms with van der Waals surface area (Å²) in [6.07, 6.45) is 3.12. The Morgan fingerprint density at radius 3 is 2.43 bits per heavy atom. The number of aliphatic hydroxyl groups excluding tert-OH is 2. The largest absolute Gasteiger partial charge is 0.396 e. The van der Waals surface area contributed by atoms with Crippen LogP contribution in [0.15, 0.2) is 12.2 Å². The monoisotopic (exact) mass is 328 g/mol. The summed E-state index contributed by atoms with van der Waals surface area (Å²) in [5.41, 5.74) is -0.592. The molecular formula is C18H32O5. The van der Waals surface area contributed by atoms with Crippen LogP contribution in [0.1, 0.15) is 41.5 Å². The van der Waals surface area contributed by atoms with Gasteiger partial charge < -0.3 is 24.4 Å². The molecule has 7 atom stereocenters. The fourth-order valence-electron chi connectivity index (χ4n) is 3.69. The van der Waals surface area contributed by atoms with Crippen molar-refractivity contribution in [1.29, 1.82) is 0 Å². The summed E-state index contributed by atoms with van der Waals surface area (Å²) in [5.74, 6) is -0.757. The Bertz CT molecular complexity index is 435. The molecule has 0 aromatic rings. The first kappa shape index (κ1) is 18.9. The predicted molar refractivity (Wildman–Crippen MR) is 87.9 cm³/mol. The van der Waals surface area contributed by atoms with Gasteiger partial charge in [-0.1, -0.05) is 26.0 Å². The summed E-state index contributed by atoms with van der Waals surface area (Å²) in [6.45, 7) is 12.1. The SMILES string of the molecule is C/C=C\[C@H](C)[C@H]1O[C@]1(C)[C@@H](O)[C@H]1COC(C)(C)O[C@@H]1[C@H](C)CO. The highest BCUT2D eigenvalue weighted by molar-refractivity contribution is 5.12. The summed E-state index contributed by atoms with van der Waals surface area (Å²) in [5, 5.41) is 20.5. The van der Waals surface area contributed by atoms with Gasteiger partial charge in [0.1, 0.15) is 5.60 Å². The number of ether oxygens (including phenoxy) is 3. The Morgan fingerprint density at radius 1 is 1.22 bits per heavy atom. The molecule has 23 heavy (non-hydrogen) atoms. The number of aliphatic hydroxyl groups is 2. The van der Waals surface area contributed by atoms with Crippen LogP contribution in [0.25, 0.3) is 0 Å². The van der Waals surface area contributed by atoms with Gasteiger partial charge in [-0.25, -0.2) is 0 Å². The van der Waals surface area contributed by atoms with Gasteiger partial charge in [0.15, 0.2) is 5.79 Å². The summed E-state index contributed by atoms with van der Waals surface area (Å²) in [6, 6.07) is 0. The number of rotatable bonds is 6. The molecule has 0 radical (unpaired) electrons. The minimum Gasteiger partial charge on any atom is -0.396 e. The van der Waals surface area contributed by atoms with Crippen LogP contribution in [0.4, 0.5) is 0 Å². The number of epoxide rings is 1. The molecule has 134 valence electrons. The third kappa shape index (κ3) is 3.80. The lowest BCUT2D eigenvalue weighted by molar-refractivity contribution is -0.315. The van der Waals surface area contributed by atoms with Gasteiger partial charge in [-0.2, -0.15) is 0 Å². The van der Waals surface area contributed by atoms with Crippen LogP contribution < -0.4 is 0 Å². The molecule has 0 amide bonds. The lowest BCUT2D eigenvalue weighted by Gasteiger charge is -2.45. The van der Waals surface area contributed by atoms with Crippen LogP contribution in [-0.4, -0.2) is 53.1 Å². The Labute approximate surface area is 139 Å². The van der Waals surface area contributed by atoms with Crippen LogP contribution in [0.2, 0.25) is 0 Å². The van der Waals surface area contributed by atoms with Gasteiger partial charge in [0, 0.05) is 24.4 Å². The van der Waals surface area contributed by atoms with E-state index in [4.69, 9.17) is 14.2 Å². The van der Waals surface area contributed by atoms with Gasteiger partial charge in [0.25, 0.3) is 0 Å². The lowest BCUT2D eigenvalue weighted by atomic mass is 9.79. The third-order valence-corrected chi connectivity index (χ3v) is 5.17. The predicted octanol–water partition coefficient (Wildman–Crippen LogP) is 2.11. The second kappa shape index (κ2) is 6.81. The summed E-state index contributed by atoms with van der Waals surface area (Å²) in [4.78, 5) is 0. The molecule has 2 rings (SSSR count). The van der Waals surface area contributed by atoms with E-state index < -0.39 is 17.5 Å². The third-order valence-electron chi connectivity index (χ3n) is 5.17. The van der Waals surface area contributed by atoms with E-state index in [-0.39, 0.29) is 36.6 Å². The molecule has 5 nitrogen and oxygen atoms in total. The minimum atomic E-state index is -0.701. The highest BCUT2D eigenvalue weighted by Gasteiger charge is 2.62. The standard InChI is InChI=1S/C18H32O5/c1-7-8-11(2)16-18(6,23-16)15(20)13-10-21-17(4,5)22-14(13)12(3)9-19/h7-8,11-16,19-20H,9-10H2,1-6H3/b8-7-/t11-,12+,13-,14+,15-,16+,18+/m0/s1. The highest BCUT2D eigenvalue weighted by Crippen LogP contribution is 2.48. The minimum absolute atomic E-state index is 0.00582. The van der Waals surface area contributed by atoms with Crippen molar-refractivity contribution in [2.75, 3.05) is 13.2 Å². The molecule has 0 aromatic heterocycles. The van der Waals surface area contributed by atoms with E-state index in [0.717, 1.165) is 0 Å². The lowest BCUT2D eigenvalue weighted by Crippen LogP contribution is -2.55. The van der Waals surface area contributed by atoms with E-state index in [1.54, 1.807) is 0 Å². The first-order valence-corrected chi connectivity index (χ1v) is 8.57. The Hall–Kier alpha value is -0.460. The zero-order valence-corrected chi connectivity index (χ0v) is 15.2. The molecule has 5 heteroatoms. The van der Waals surface area contributed by atoms with E-state index >= 15 is 0 Å². The van der Waals surface area contributed by atoms with Crippen molar-refractivity contribution in [2.45, 2.75) is 71.2 Å². The highest BCUT2D eigenvalue weighted by atomic mass is 16.7. The van der Waals surface area contributed by atoms with E-state index in [9.17, 15) is 10.2 Å². The zero-order chi connectivity index (χ0) is 17.4. The van der Waals surface area contributed by atoms with Crippen molar-refractivity contribution in [3.63, 3.8) is 0 Å². The Balaban J connectivity index is 2.12. The summed E-state index contributed by atoms with van der Waals surface area (Å²) >= 11 is 0. The number of allylic oxidation sites excluding steroid dienone is 1. The van der Waals surface area contributed by atoms with E-state index in [2.05, 4.69) is 13.0 Å². The average Bonchev–Trinajstić information content (AvgIpc) is 3.19. The molecule has 0 aliphatic carbocycles. The molecule has 2 saturated heterocycles. The molecule has 0 aromatic carbocycles. The summed E-state index contributed by atoms with van der Waals surface area (Å²) in [7, 11) is 0. The first-order chi connectivity index (χ1) is 10.7. The van der Waals surface area contributed by atoms with Crippen molar-refractivity contribution in [3.05, 3.63) is 12.2 Å². The second-order valence-corrected chi connectivity index (χ2v) is 7.67. The van der Waals surface area contributed by atoms with Gasteiger partial charge in [0.2, 0.25) is 0 Å². The molecule has 2 aliphatic rings. The van der Waals surface area contributed by atoms with Gasteiger partial charge in [-0.15, -0.1) is 0 Å². The van der Waals surface area contributed by atoms with Crippen molar-refractivity contribution in [3.8, 4) is 0 Å². The van der Waals surface area contributed by atoms with Gasteiger partial charge in [-0.05, 0) is 27.7 Å². The molecule has 0 unspecified atom stereocenters. The average molecular weight is 328 g/mol. The van der Waals surface area contributed by atoms with Crippen molar-refractivity contribution >= 4 is 0 Å². The van der Waals surface area contributed by atoms with E-state index in [0.29, 0.717) is 6.61 Å². The van der Waals surface area contributed by atoms with Gasteiger partial charge >= 0.3 is 0 Å². The normalized spacial score (nSPS) is 40.8. The molecule has 2 fully saturated rings. The van der Waals surface area contributed by atoms with Crippen molar-refractivity contribution in [2.24, 2.45) is 17.8 Å². The first-order valence-electron chi connectivity index (χ1n) is 8.57. The smallest absolute Gasteiger partial charge is 0.163 e. The Morgan fingerprint density at radius 2 is 1.87 bits per heavy atom. The maximum Gasteiger partial charge on any atom is 0.163 e. The molecule has 2 aliphatic heterocycles. The van der Waals surface area contributed by atoms with E-state index in [1.807, 2.05) is 40.7 Å². The molecule has 2 heterocycles. The quantitative estimate of drug-likeness (QED) is 0.577. The Kier molecular flexibility index (Phi) is 5.58. The zero-order valence-electron chi connectivity index (χ0n) is 15.2. The van der Waals surface area contributed by atoms with Crippen LogP contribution in [-0.2, 0) is 14.2 Å². The molecular weight excluding hydrogens is 296 g/mol.